The van der Waals surface area contributed by atoms with Gasteiger partial charge in [0.2, 0.25) is 0 Å². The molecule has 2 N–H and O–H groups in total. The maximum Gasteiger partial charge on any atom is 0.0941 e. The maximum absolute atomic E-state index is 4.92. The summed E-state index contributed by atoms with van der Waals surface area (Å²) in [5.74, 6) is 0. The summed E-state index contributed by atoms with van der Waals surface area (Å²) in [7, 11) is 0. The Kier molecular flexibility index (Phi) is 3.50. The van der Waals surface area contributed by atoms with Crippen LogP contribution >= 0.6 is 11.9 Å². The van der Waals surface area contributed by atoms with E-state index in [2.05, 4.69) is 11.0 Å². The number of hydrogen-bond acceptors (Lipinski definition) is 2. The van der Waals surface area contributed by atoms with Gasteiger partial charge in [-0.1, -0.05) is 6.58 Å². The molecular weight excluding hydrogens is 108 g/mol. The summed E-state index contributed by atoms with van der Waals surface area (Å²) in [6.45, 7) is 5.46. The molecule has 0 fully saturated rings. The third-order valence-corrected chi connectivity index (χ3v) is 0.808. The Hall–Kier alpha value is -0.440. The predicted octanol–water partition coefficient (Wildman–Crippen LogP) is 1.16. The summed E-state index contributed by atoms with van der Waals surface area (Å²) in [4.78, 5) is 0.946. The van der Waals surface area contributed by atoms with E-state index in [-0.39, 0.29) is 0 Å². The van der Waals surface area contributed by atoms with Gasteiger partial charge in [-0.3, -0.25) is 0 Å². The van der Waals surface area contributed by atoms with Gasteiger partial charge in [0.15, 0.2) is 0 Å². The molecule has 0 aliphatic rings. The third-order valence-electron chi connectivity index (χ3n) is 0.269. The first-order valence-corrected chi connectivity index (χ1v) is 2.61. The van der Waals surface area contributed by atoms with E-state index < -0.39 is 0 Å². The van der Waals surface area contributed by atoms with Crippen molar-refractivity contribution >= 4 is 18.3 Å². The van der Waals surface area contributed by atoms with E-state index in [4.69, 9.17) is 5.73 Å². The van der Waals surface area contributed by atoms with Gasteiger partial charge in [-0.05, 0) is 11.8 Å². The summed E-state index contributed by atoms with van der Waals surface area (Å²) in [6.07, 6.45) is 1.25. The number of nitrogens with two attached hydrogens (primary N) is 1. The van der Waals surface area contributed by atoms with Crippen molar-refractivity contribution in [2.45, 2.75) is 6.92 Å². The second kappa shape index (κ2) is 3.74. The molecule has 0 saturated heterocycles. The molecule has 0 unspecified atom stereocenters. The lowest BCUT2D eigenvalue weighted by Crippen LogP contribution is -1.84. The number of rotatable bonds is 2. The van der Waals surface area contributed by atoms with Crippen LogP contribution in [0, 0.1) is 0 Å². The molecule has 0 aliphatic heterocycles. The van der Waals surface area contributed by atoms with Gasteiger partial charge in [0.05, 0.1) is 6.34 Å². The minimum absolute atomic E-state index is 0.946. The zero-order valence-corrected chi connectivity index (χ0v) is 5.03. The molecule has 2 nitrogen and oxygen atoms in total. The van der Waals surface area contributed by atoms with E-state index >= 15 is 0 Å². The normalized spacial score (nSPS) is 9.86. The van der Waals surface area contributed by atoms with Gasteiger partial charge in [0.25, 0.3) is 0 Å². The highest BCUT2D eigenvalue weighted by Gasteiger charge is 1.75. The van der Waals surface area contributed by atoms with Crippen molar-refractivity contribution < 1.29 is 0 Å². The summed E-state index contributed by atoms with van der Waals surface area (Å²) >= 11 is 1.28. The van der Waals surface area contributed by atoms with Crippen LogP contribution in [0.15, 0.2) is 15.9 Å². The molecule has 0 aromatic carbocycles. The fraction of sp³-hybridized carbons (Fsp3) is 0.250. The lowest BCUT2D eigenvalue weighted by molar-refractivity contribution is 1.70. The third kappa shape index (κ3) is 5.56. The number of hydrogen-bond donors (Lipinski definition) is 1. The van der Waals surface area contributed by atoms with Crippen LogP contribution in [0.2, 0.25) is 0 Å². The van der Waals surface area contributed by atoms with Crippen LogP contribution in [-0.4, -0.2) is 6.34 Å². The molecule has 7 heavy (non-hydrogen) atoms. The van der Waals surface area contributed by atoms with Crippen molar-refractivity contribution in [1.29, 1.82) is 0 Å². The Morgan fingerprint density at radius 1 is 2.00 bits per heavy atom. The van der Waals surface area contributed by atoms with E-state index in [0.717, 1.165) is 4.91 Å². The monoisotopic (exact) mass is 116 g/mol. The van der Waals surface area contributed by atoms with E-state index in [1.54, 1.807) is 0 Å². The van der Waals surface area contributed by atoms with Gasteiger partial charge in [-0.15, -0.1) is 0 Å². The highest BCUT2D eigenvalue weighted by atomic mass is 32.2. The van der Waals surface area contributed by atoms with E-state index in [0.29, 0.717) is 0 Å². The van der Waals surface area contributed by atoms with E-state index in [9.17, 15) is 0 Å². The number of allylic oxidation sites excluding steroid dienone is 1. The molecular formula is C4H8N2S. The molecule has 0 heterocycles. The van der Waals surface area contributed by atoms with Gasteiger partial charge in [0.1, 0.15) is 0 Å². The lowest BCUT2D eigenvalue weighted by Gasteiger charge is -1.83. The van der Waals surface area contributed by atoms with Crippen molar-refractivity contribution in [3.63, 3.8) is 0 Å². The molecule has 0 radical (unpaired) electrons. The summed E-state index contributed by atoms with van der Waals surface area (Å²) in [5.41, 5.74) is 4.92. The van der Waals surface area contributed by atoms with Crippen LogP contribution in [0.1, 0.15) is 6.92 Å². The van der Waals surface area contributed by atoms with Crippen LogP contribution < -0.4 is 5.73 Å². The first kappa shape index (κ1) is 6.56. The molecule has 0 rings (SSSR count). The minimum atomic E-state index is 0.946. The van der Waals surface area contributed by atoms with Gasteiger partial charge in [-0.2, -0.15) is 0 Å². The van der Waals surface area contributed by atoms with Gasteiger partial charge < -0.3 is 5.73 Å². The highest BCUT2D eigenvalue weighted by molar-refractivity contribution is 8.01. The Morgan fingerprint density at radius 2 is 2.57 bits per heavy atom. The van der Waals surface area contributed by atoms with Crippen LogP contribution in [0.4, 0.5) is 0 Å². The maximum atomic E-state index is 4.92. The molecule has 40 valence electrons. The molecule has 0 amide bonds. The quantitative estimate of drug-likeness (QED) is 0.334. The standard InChI is InChI=1S/C4H8N2S/c1-4(2)7-6-3-5/h3H,1H2,2H3,(H2,5,6). The SMILES string of the molecule is C=C(C)SN=CN. The average molecular weight is 116 g/mol. The minimum Gasteiger partial charge on any atom is -0.389 e. The summed E-state index contributed by atoms with van der Waals surface area (Å²) in [6, 6.07) is 0. The smallest absolute Gasteiger partial charge is 0.0941 e. The lowest BCUT2D eigenvalue weighted by atomic mass is 10.8. The molecule has 0 atom stereocenters. The molecule has 0 aromatic heterocycles. The molecule has 0 bridgehead atoms. The fourth-order valence-corrected chi connectivity index (χ4v) is 0.361. The van der Waals surface area contributed by atoms with Crippen molar-refractivity contribution in [2.24, 2.45) is 10.1 Å². The predicted molar refractivity (Wildman–Crippen MR) is 35.1 cm³/mol. The Bertz CT molecular complexity index is 87.7. The van der Waals surface area contributed by atoms with Crippen LogP contribution in [-0.2, 0) is 0 Å². The Labute approximate surface area is 47.6 Å². The zero-order chi connectivity index (χ0) is 5.70. The van der Waals surface area contributed by atoms with E-state index in [1.807, 2.05) is 6.92 Å². The van der Waals surface area contributed by atoms with Crippen LogP contribution in [0.3, 0.4) is 0 Å². The van der Waals surface area contributed by atoms with Gasteiger partial charge in [0, 0.05) is 11.9 Å². The molecule has 0 aromatic rings. The second-order valence-corrected chi connectivity index (χ2v) is 2.14. The van der Waals surface area contributed by atoms with Crippen molar-refractivity contribution in [2.75, 3.05) is 0 Å². The van der Waals surface area contributed by atoms with Crippen molar-refractivity contribution in [1.82, 2.24) is 0 Å². The van der Waals surface area contributed by atoms with E-state index in [1.165, 1.54) is 18.3 Å². The topological polar surface area (TPSA) is 38.4 Å². The fourth-order valence-electron chi connectivity index (χ4n) is 0.120. The largest absolute Gasteiger partial charge is 0.389 e. The molecule has 3 heteroatoms. The number of nitrogens with zero attached hydrogens (tertiary/aromatic N) is 1. The average Bonchev–Trinajstić information content (AvgIpc) is 1.61. The zero-order valence-electron chi connectivity index (χ0n) is 4.22. The Balaban J connectivity index is 3.14. The van der Waals surface area contributed by atoms with Crippen molar-refractivity contribution in [3.8, 4) is 0 Å². The highest BCUT2D eigenvalue weighted by Crippen LogP contribution is 2.10. The van der Waals surface area contributed by atoms with Gasteiger partial charge >= 0.3 is 0 Å². The second-order valence-electron chi connectivity index (χ2n) is 1.05. The van der Waals surface area contributed by atoms with Crippen LogP contribution in [0.5, 0.6) is 0 Å². The molecule has 0 saturated carbocycles. The first-order chi connectivity index (χ1) is 3.27. The molecule has 0 spiro atoms. The van der Waals surface area contributed by atoms with Gasteiger partial charge in [-0.25, -0.2) is 4.40 Å². The summed E-state index contributed by atoms with van der Waals surface area (Å²) in [5, 5.41) is 0. The first-order valence-electron chi connectivity index (χ1n) is 1.83. The van der Waals surface area contributed by atoms with Crippen molar-refractivity contribution in [3.05, 3.63) is 11.5 Å². The van der Waals surface area contributed by atoms with Crippen LogP contribution in [0.25, 0.3) is 0 Å². The summed E-state index contributed by atoms with van der Waals surface area (Å²) < 4.78 is 3.64. The molecule has 0 aliphatic carbocycles. The Morgan fingerprint density at radius 3 is 2.71 bits per heavy atom.